The lowest BCUT2D eigenvalue weighted by Gasteiger charge is -2.08. The van der Waals surface area contributed by atoms with Crippen LogP contribution in [0, 0.1) is 5.41 Å². The Morgan fingerprint density at radius 1 is 1.28 bits per heavy atom. The van der Waals surface area contributed by atoms with Gasteiger partial charge in [-0.05, 0) is 23.8 Å². The van der Waals surface area contributed by atoms with Gasteiger partial charge in [0, 0.05) is 5.02 Å². The van der Waals surface area contributed by atoms with Gasteiger partial charge in [0.2, 0.25) is 5.88 Å². The van der Waals surface area contributed by atoms with Crippen LogP contribution in [0.1, 0.15) is 11.1 Å². The summed E-state index contributed by atoms with van der Waals surface area (Å²) in [7, 11) is 0. The third-order valence-corrected chi connectivity index (χ3v) is 2.52. The van der Waals surface area contributed by atoms with Crippen LogP contribution >= 0.6 is 11.6 Å². The number of nitrogens with one attached hydrogen (secondary N) is 1. The number of hydrogen-bond acceptors (Lipinski definition) is 4. The molecule has 0 atom stereocenters. The maximum absolute atomic E-state index is 7.40. The summed E-state index contributed by atoms with van der Waals surface area (Å²) >= 11 is 5.79. The van der Waals surface area contributed by atoms with Crippen molar-refractivity contribution in [1.82, 2.24) is 10.2 Å². The van der Waals surface area contributed by atoms with Crippen molar-refractivity contribution in [3.63, 3.8) is 0 Å². The third-order valence-electron chi connectivity index (χ3n) is 2.27. The van der Waals surface area contributed by atoms with Crippen molar-refractivity contribution in [1.29, 1.82) is 5.41 Å². The van der Waals surface area contributed by atoms with Gasteiger partial charge in [-0.3, -0.25) is 5.41 Å². The van der Waals surface area contributed by atoms with E-state index >= 15 is 0 Å². The van der Waals surface area contributed by atoms with E-state index in [2.05, 4.69) is 10.2 Å². The number of nitrogens with two attached hydrogens (primary N) is 1. The topological polar surface area (TPSA) is 84.9 Å². The Morgan fingerprint density at radius 3 is 2.67 bits per heavy atom. The first-order valence-electron chi connectivity index (χ1n) is 5.20. The highest BCUT2D eigenvalue weighted by Crippen LogP contribution is 2.15. The maximum Gasteiger partial charge on any atom is 0.244 e. The minimum Gasteiger partial charge on any atom is -0.471 e. The number of benzene rings is 1. The molecule has 6 heteroatoms. The minimum atomic E-state index is -0.101. The Hall–Kier alpha value is -2.14. The average molecular weight is 263 g/mol. The third kappa shape index (κ3) is 2.95. The molecule has 5 nitrogen and oxygen atoms in total. The Morgan fingerprint density at radius 2 is 2.00 bits per heavy atom. The van der Waals surface area contributed by atoms with Crippen LogP contribution in [0.4, 0.5) is 0 Å². The van der Waals surface area contributed by atoms with E-state index in [-0.39, 0.29) is 11.7 Å². The van der Waals surface area contributed by atoms with E-state index in [1.165, 1.54) is 6.20 Å². The fourth-order valence-electron chi connectivity index (χ4n) is 1.36. The van der Waals surface area contributed by atoms with Crippen LogP contribution in [0.5, 0.6) is 5.88 Å². The molecule has 1 aromatic heterocycles. The molecule has 0 spiro atoms. The van der Waals surface area contributed by atoms with Crippen molar-refractivity contribution in [3.8, 4) is 5.88 Å². The normalized spacial score (nSPS) is 10.1. The van der Waals surface area contributed by atoms with Gasteiger partial charge in [-0.1, -0.05) is 23.7 Å². The molecule has 1 heterocycles. The highest BCUT2D eigenvalue weighted by atomic mass is 35.5. The minimum absolute atomic E-state index is 0.101. The van der Waals surface area contributed by atoms with Gasteiger partial charge in [-0.15, -0.1) is 5.10 Å². The number of halogens is 1. The number of aromatic nitrogens is 2. The predicted molar refractivity (Wildman–Crippen MR) is 68.8 cm³/mol. The first-order chi connectivity index (χ1) is 8.66. The monoisotopic (exact) mass is 262 g/mol. The summed E-state index contributed by atoms with van der Waals surface area (Å²) in [4.78, 5) is 0. The number of amidine groups is 1. The van der Waals surface area contributed by atoms with Gasteiger partial charge in [-0.2, -0.15) is 5.10 Å². The van der Waals surface area contributed by atoms with Crippen molar-refractivity contribution in [2.24, 2.45) is 5.73 Å². The number of rotatable bonds is 4. The van der Waals surface area contributed by atoms with Crippen molar-refractivity contribution in [2.45, 2.75) is 6.61 Å². The van der Waals surface area contributed by atoms with Gasteiger partial charge in [0.1, 0.15) is 12.4 Å². The molecule has 3 N–H and O–H groups in total. The molecule has 18 heavy (non-hydrogen) atoms. The van der Waals surface area contributed by atoms with Crippen LogP contribution in [-0.2, 0) is 6.61 Å². The van der Waals surface area contributed by atoms with Crippen LogP contribution in [0.3, 0.4) is 0 Å². The highest BCUT2D eigenvalue weighted by molar-refractivity contribution is 6.30. The van der Waals surface area contributed by atoms with Crippen LogP contribution in [0.25, 0.3) is 0 Å². The molecule has 0 aliphatic carbocycles. The molecule has 0 saturated heterocycles. The lowest BCUT2D eigenvalue weighted by molar-refractivity contribution is 0.289. The summed E-state index contributed by atoms with van der Waals surface area (Å²) < 4.78 is 5.49. The summed E-state index contributed by atoms with van der Waals surface area (Å²) in [6.45, 7) is 0.316. The van der Waals surface area contributed by atoms with Gasteiger partial charge >= 0.3 is 0 Å². The first-order valence-corrected chi connectivity index (χ1v) is 5.58. The molecule has 1 aromatic carbocycles. The van der Waals surface area contributed by atoms with Crippen LogP contribution < -0.4 is 10.5 Å². The SMILES string of the molecule is N=C(N)c1ccnnc1OCc1ccc(Cl)cc1. The molecule has 2 rings (SSSR count). The van der Waals surface area contributed by atoms with Gasteiger partial charge in [0.25, 0.3) is 0 Å². The van der Waals surface area contributed by atoms with Gasteiger partial charge < -0.3 is 10.5 Å². The van der Waals surface area contributed by atoms with Crippen molar-refractivity contribution >= 4 is 17.4 Å². The fraction of sp³-hybridized carbons (Fsp3) is 0.0833. The van der Waals surface area contributed by atoms with Crippen molar-refractivity contribution in [2.75, 3.05) is 0 Å². The number of nitrogen functional groups attached to an aromatic ring is 1. The van der Waals surface area contributed by atoms with E-state index in [1.54, 1.807) is 18.2 Å². The summed E-state index contributed by atoms with van der Waals surface area (Å²) in [5.74, 6) is 0.149. The Kier molecular flexibility index (Phi) is 3.74. The van der Waals surface area contributed by atoms with E-state index in [1.807, 2.05) is 12.1 Å². The van der Waals surface area contributed by atoms with E-state index in [9.17, 15) is 0 Å². The predicted octanol–water partition coefficient (Wildman–Crippen LogP) is 1.99. The molecule has 0 amide bonds. The fourth-order valence-corrected chi connectivity index (χ4v) is 1.49. The van der Waals surface area contributed by atoms with Gasteiger partial charge in [0.05, 0.1) is 11.8 Å². The summed E-state index contributed by atoms with van der Waals surface area (Å²) in [5, 5.41) is 15.6. The zero-order valence-electron chi connectivity index (χ0n) is 9.43. The highest BCUT2D eigenvalue weighted by Gasteiger charge is 2.08. The first kappa shape index (κ1) is 12.3. The number of hydrogen-bond donors (Lipinski definition) is 2. The van der Waals surface area contributed by atoms with E-state index in [4.69, 9.17) is 27.5 Å². The molecular weight excluding hydrogens is 252 g/mol. The molecule has 0 saturated carbocycles. The summed E-state index contributed by atoms with van der Waals surface area (Å²) in [6, 6.07) is 8.86. The second kappa shape index (κ2) is 5.46. The zero-order chi connectivity index (χ0) is 13.0. The molecule has 92 valence electrons. The lowest BCUT2D eigenvalue weighted by Crippen LogP contribution is -2.14. The number of ether oxygens (including phenoxy) is 1. The maximum atomic E-state index is 7.40. The van der Waals surface area contributed by atoms with Crippen molar-refractivity contribution in [3.05, 3.63) is 52.7 Å². The Balaban J connectivity index is 2.10. The molecule has 0 aliphatic heterocycles. The van der Waals surface area contributed by atoms with Crippen LogP contribution in [-0.4, -0.2) is 16.0 Å². The molecule has 0 radical (unpaired) electrons. The quantitative estimate of drug-likeness (QED) is 0.652. The molecule has 0 unspecified atom stereocenters. The zero-order valence-corrected chi connectivity index (χ0v) is 10.2. The second-order valence-electron chi connectivity index (χ2n) is 3.58. The molecule has 0 bridgehead atoms. The van der Waals surface area contributed by atoms with E-state index in [0.717, 1.165) is 5.56 Å². The van der Waals surface area contributed by atoms with E-state index in [0.29, 0.717) is 17.2 Å². The standard InChI is InChI=1S/C12H11ClN4O/c13-9-3-1-8(2-4-9)7-18-12-10(11(14)15)5-6-16-17-12/h1-6H,7H2,(H3,14,15). The summed E-state index contributed by atoms with van der Waals surface area (Å²) in [5.41, 5.74) is 6.80. The second-order valence-corrected chi connectivity index (χ2v) is 4.02. The lowest BCUT2D eigenvalue weighted by atomic mass is 10.2. The Bertz CT molecular complexity index is 556. The van der Waals surface area contributed by atoms with E-state index < -0.39 is 0 Å². The number of nitrogens with zero attached hydrogens (tertiary/aromatic N) is 2. The smallest absolute Gasteiger partial charge is 0.244 e. The average Bonchev–Trinajstić information content (AvgIpc) is 2.38. The Labute approximate surface area is 109 Å². The van der Waals surface area contributed by atoms with Gasteiger partial charge in [0.15, 0.2) is 0 Å². The van der Waals surface area contributed by atoms with Crippen molar-refractivity contribution < 1.29 is 4.74 Å². The molecule has 0 fully saturated rings. The molecular formula is C12H11ClN4O. The van der Waals surface area contributed by atoms with Crippen LogP contribution in [0.15, 0.2) is 36.5 Å². The largest absolute Gasteiger partial charge is 0.471 e. The van der Waals surface area contributed by atoms with Gasteiger partial charge in [-0.25, -0.2) is 0 Å². The molecule has 2 aromatic rings. The summed E-state index contributed by atoms with van der Waals surface area (Å²) in [6.07, 6.45) is 1.46. The van der Waals surface area contributed by atoms with Crippen LogP contribution in [0.2, 0.25) is 5.02 Å². The molecule has 0 aliphatic rings.